The van der Waals surface area contributed by atoms with Gasteiger partial charge in [0.15, 0.2) is 5.65 Å². The number of aryl methyl sites for hydroxylation is 1. The molecule has 0 bridgehead atoms. The van der Waals surface area contributed by atoms with Crippen LogP contribution >= 0.6 is 0 Å². The van der Waals surface area contributed by atoms with Gasteiger partial charge in [-0.05, 0) is 18.9 Å². The predicted molar refractivity (Wildman–Crippen MR) is 112 cm³/mol. The van der Waals surface area contributed by atoms with Gasteiger partial charge in [0.25, 0.3) is 5.56 Å². The SMILES string of the molecule is CCC1CN(Cc2cc(=O)n3[nH]c(C)cc3n2)CCC(=O)N1Cc1ccccc1. The molecular weight excluding hydrogens is 366 g/mol. The van der Waals surface area contributed by atoms with Crippen molar-refractivity contribution in [2.24, 2.45) is 0 Å². The number of hydrogen-bond acceptors (Lipinski definition) is 4. The van der Waals surface area contributed by atoms with Crippen LogP contribution in [0.25, 0.3) is 5.65 Å². The smallest absolute Gasteiger partial charge is 0.272 e. The molecule has 3 aromatic rings. The number of fused-ring (bicyclic) bond motifs is 1. The summed E-state index contributed by atoms with van der Waals surface area (Å²) in [5.74, 6) is 0.188. The first-order valence-electron chi connectivity index (χ1n) is 10.2. The molecule has 1 aliphatic rings. The lowest BCUT2D eigenvalue weighted by atomic mass is 10.1. The minimum Gasteiger partial charge on any atom is -0.334 e. The third-order valence-electron chi connectivity index (χ3n) is 5.56. The molecule has 1 N–H and O–H groups in total. The van der Waals surface area contributed by atoms with Crippen LogP contribution in [-0.4, -0.2) is 49.4 Å². The number of nitrogens with zero attached hydrogens (tertiary/aromatic N) is 4. The van der Waals surface area contributed by atoms with Crippen LogP contribution in [0.4, 0.5) is 0 Å². The van der Waals surface area contributed by atoms with Gasteiger partial charge in [-0.3, -0.25) is 19.6 Å². The first-order chi connectivity index (χ1) is 14.0. The zero-order valence-corrected chi connectivity index (χ0v) is 17.0. The third kappa shape index (κ3) is 4.24. The number of aromatic amines is 1. The number of aromatic nitrogens is 3. The van der Waals surface area contributed by atoms with E-state index in [1.165, 1.54) is 4.52 Å². The van der Waals surface area contributed by atoms with Crippen molar-refractivity contribution in [1.82, 2.24) is 24.4 Å². The Bertz CT molecular complexity index is 1060. The Kier molecular flexibility index (Phi) is 5.49. The fourth-order valence-electron chi connectivity index (χ4n) is 4.05. The monoisotopic (exact) mass is 393 g/mol. The summed E-state index contributed by atoms with van der Waals surface area (Å²) < 4.78 is 1.46. The van der Waals surface area contributed by atoms with E-state index in [1.807, 2.05) is 36.1 Å². The predicted octanol–water partition coefficient (Wildman–Crippen LogP) is 2.34. The van der Waals surface area contributed by atoms with Crippen molar-refractivity contribution in [2.75, 3.05) is 13.1 Å². The minimum atomic E-state index is -0.109. The Morgan fingerprint density at radius 3 is 2.69 bits per heavy atom. The highest BCUT2D eigenvalue weighted by Gasteiger charge is 2.28. The number of rotatable bonds is 5. The Hall–Kier alpha value is -2.93. The van der Waals surface area contributed by atoms with E-state index in [1.54, 1.807) is 6.07 Å². The summed E-state index contributed by atoms with van der Waals surface area (Å²) in [7, 11) is 0. The van der Waals surface area contributed by atoms with E-state index in [0.717, 1.165) is 29.9 Å². The maximum absolute atomic E-state index is 12.8. The van der Waals surface area contributed by atoms with Gasteiger partial charge in [-0.2, -0.15) is 0 Å². The lowest BCUT2D eigenvalue weighted by Crippen LogP contribution is -2.42. The maximum Gasteiger partial charge on any atom is 0.272 e. The first-order valence-corrected chi connectivity index (χ1v) is 10.2. The molecule has 152 valence electrons. The van der Waals surface area contributed by atoms with E-state index in [2.05, 4.69) is 34.0 Å². The zero-order valence-electron chi connectivity index (χ0n) is 17.0. The molecule has 0 saturated carbocycles. The van der Waals surface area contributed by atoms with Crippen molar-refractivity contribution in [3.63, 3.8) is 0 Å². The zero-order chi connectivity index (χ0) is 20.4. The Balaban J connectivity index is 1.52. The Morgan fingerprint density at radius 2 is 1.93 bits per heavy atom. The summed E-state index contributed by atoms with van der Waals surface area (Å²) in [6, 6.07) is 13.7. The molecule has 1 aliphatic heterocycles. The van der Waals surface area contributed by atoms with Gasteiger partial charge in [0, 0.05) is 56.5 Å². The van der Waals surface area contributed by atoms with E-state index in [0.29, 0.717) is 31.7 Å². The summed E-state index contributed by atoms with van der Waals surface area (Å²) in [5.41, 5.74) is 3.31. The molecule has 29 heavy (non-hydrogen) atoms. The highest BCUT2D eigenvalue weighted by Crippen LogP contribution is 2.19. The van der Waals surface area contributed by atoms with Crippen molar-refractivity contribution < 1.29 is 4.79 Å². The molecule has 0 spiro atoms. The van der Waals surface area contributed by atoms with Gasteiger partial charge in [0.1, 0.15) is 0 Å². The molecule has 1 amide bonds. The lowest BCUT2D eigenvalue weighted by molar-refractivity contribution is -0.133. The molecule has 1 aromatic carbocycles. The number of hydrogen-bond donors (Lipinski definition) is 1. The molecule has 4 rings (SSSR count). The van der Waals surface area contributed by atoms with Crippen molar-refractivity contribution in [3.05, 3.63) is 69.8 Å². The second-order valence-electron chi connectivity index (χ2n) is 7.77. The van der Waals surface area contributed by atoms with E-state index >= 15 is 0 Å². The van der Waals surface area contributed by atoms with Crippen molar-refractivity contribution in [2.45, 2.75) is 45.8 Å². The van der Waals surface area contributed by atoms with Crippen LogP contribution in [0.1, 0.15) is 36.7 Å². The van der Waals surface area contributed by atoms with Gasteiger partial charge < -0.3 is 4.90 Å². The quantitative estimate of drug-likeness (QED) is 0.722. The molecule has 1 unspecified atom stereocenters. The van der Waals surface area contributed by atoms with Crippen LogP contribution in [-0.2, 0) is 17.9 Å². The summed E-state index contributed by atoms with van der Waals surface area (Å²) >= 11 is 0. The van der Waals surface area contributed by atoms with Crippen molar-refractivity contribution >= 4 is 11.6 Å². The Morgan fingerprint density at radius 1 is 1.14 bits per heavy atom. The number of H-pyrrole nitrogens is 1. The summed E-state index contributed by atoms with van der Waals surface area (Å²) in [6.45, 7) is 6.69. The molecule has 1 fully saturated rings. The number of carbonyl (C=O) groups excluding carboxylic acids is 1. The molecule has 0 radical (unpaired) electrons. The van der Waals surface area contributed by atoms with Gasteiger partial charge in [-0.1, -0.05) is 37.3 Å². The average molecular weight is 393 g/mol. The van der Waals surface area contributed by atoms with Gasteiger partial charge >= 0.3 is 0 Å². The minimum absolute atomic E-state index is 0.109. The lowest BCUT2D eigenvalue weighted by Gasteiger charge is -2.31. The van der Waals surface area contributed by atoms with Crippen LogP contribution in [0.3, 0.4) is 0 Å². The van der Waals surface area contributed by atoms with Gasteiger partial charge in [-0.25, -0.2) is 9.50 Å². The molecule has 3 heterocycles. The van der Waals surface area contributed by atoms with E-state index in [4.69, 9.17) is 0 Å². The normalized spacial score (nSPS) is 18.3. The standard InChI is InChI=1S/C22H27N5O2/c1-3-19-15-25(10-9-21(28)26(19)13-17-7-5-4-6-8-17)14-18-12-22(29)27-20(23-18)11-16(2)24-27/h4-8,11-12,19,24H,3,9-10,13-15H2,1-2H3. The highest BCUT2D eigenvalue weighted by molar-refractivity contribution is 5.77. The average Bonchev–Trinajstić information content (AvgIpc) is 3.03. The topological polar surface area (TPSA) is 73.7 Å². The van der Waals surface area contributed by atoms with Crippen LogP contribution in [0, 0.1) is 6.92 Å². The molecular formula is C22H27N5O2. The number of benzene rings is 1. The number of nitrogens with one attached hydrogen (secondary N) is 1. The second kappa shape index (κ2) is 8.21. The van der Waals surface area contributed by atoms with E-state index < -0.39 is 0 Å². The number of carbonyl (C=O) groups is 1. The van der Waals surface area contributed by atoms with Gasteiger partial charge in [0.2, 0.25) is 5.91 Å². The van der Waals surface area contributed by atoms with Crippen LogP contribution in [0.5, 0.6) is 0 Å². The molecule has 7 heteroatoms. The van der Waals surface area contributed by atoms with Gasteiger partial charge in [-0.15, -0.1) is 0 Å². The fraction of sp³-hybridized carbons (Fsp3) is 0.409. The Labute approximate surface area is 170 Å². The molecule has 1 saturated heterocycles. The molecule has 0 aliphatic carbocycles. The summed E-state index contributed by atoms with van der Waals surface area (Å²) in [4.78, 5) is 34.1. The van der Waals surface area contributed by atoms with E-state index in [9.17, 15) is 9.59 Å². The highest BCUT2D eigenvalue weighted by atomic mass is 16.2. The maximum atomic E-state index is 12.8. The molecule has 2 aromatic heterocycles. The summed E-state index contributed by atoms with van der Waals surface area (Å²) in [5, 5.41) is 3.00. The van der Waals surface area contributed by atoms with E-state index in [-0.39, 0.29) is 17.5 Å². The van der Waals surface area contributed by atoms with Gasteiger partial charge in [0.05, 0.1) is 5.69 Å². The number of amides is 1. The van der Waals surface area contributed by atoms with Crippen LogP contribution in [0.15, 0.2) is 47.3 Å². The largest absolute Gasteiger partial charge is 0.334 e. The third-order valence-corrected chi connectivity index (χ3v) is 5.56. The molecule has 7 nitrogen and oxygen atoms in total. The van der Waals surface area contributed by atoms with Crippen LogP contribution in [0.2, 0.25) is 0 Å². The second-order valence-corrected chi connectivity index (χ2v) is 7.77. The van der Waals surface area contributed by atoms with Crippen LogP contribution < -0.4 is 5.56 Å². The van der Waals surface area contributed by atoms with Crippen molar-refractivity contribution in [1.29, 1.82) is 0 Å². The first kappa shape index (κ1) is 19.4. The molecule has 1 atom stereocenters. The van der Waals surface area contributed by atoms with Crippen molar-refractivity contribution in [3.8, 4) is 0 Å². The fourth-order valence-corrected chi connectivity index (χ4v) is 4.05. The summed E-state index contributed by atoms with van der Waals surface area (Å²) in [6.07, 6.45) is 1.37.